The van der Waals surface area contributed by atoms with Gasteiger partial charge < -0.3 is 0 Å². The summed E-state index contributed by atoms with van der Waals surface area (Å²) in [5.74, 6) is -0.225. The lowest BCUT2D eigenvalue weighted by atomic mass is 10.2. The van der Waals surface area contributed by atoms with E-state index in [1.165, 1.54) is 11.3 Å². The zero-order chi connectivity index (χ0) is 11.5. The monoisotopic (exact) mass is 299 g/mol. The second-order valence-corrected chi connectivity index (χ2v) is 5.23. The van der Waals surface area contributed by atoms with Crippen molar-refractivity contribution >= 4 is 44.7 Å². The van der Waals surface area contributed by atoms with Crippen molar-refractivity contribution < 1.29 is 4.79 Å². The molecule has 2 N–H and O–H groups in total. The molecule has 0 atom stereocenters. The Hall–Kier alpha value is -1.54. The van der Waals surface area contributed by atoms with E-state index in [1.54, 1.807) is 0 Å². The Bertz CT molecular complexity index is 520. The third-order valence-electron chi connectivity index (χ3n) is 1.72. The molecule has 0 spiro atoms. The molecule has 2 rings (SSSR count). The fourth-order valence-corrected chi connectivity index (χ4v) is 2.33. The van der Waals surface area contributed by atoms with E-state index < -0.39 is 0 Å². The third-order valence-corrected chi connectivity index (χ3v) is 3.40. The van der Waals surface area contributed by atoms with Gasteiger partial charge in [-0.3, -0.25) is 10.1 Å². The molecular weight excluding hydrogens is 294 g/mol. The number of hydrogen-bond donors (Lipinski definition) is 2. The number of tetrazole rings is 1. The van der Waals surface area contributed by atoms with E-state index >= 15 is 0 Å². The molecule has 6 nitrogen and oxygen atoms in total. The average molecular weight is 300 g/mol. The smallest absolute Gasteiger partial charge is 0.270 e. The quantitative estimate of drug-likeness (QED) is 0.845. The highest BCUT2D eigenvalue weighted by molar-refractivity contribution is 9.11. The number of nitrogens with zero attached hydrogens (tertiary/aromatic N) is 3. The van der Waals surface area contributed by atoms with Gasteiger partial charge in [0.25, 0.3) is 11.9 Å². The molecule has 16 heavy (non-hydrogen) atoms. The molecule has 0 fully saturated rings. The van der Waals surface area contributed by atoms with Crippen LogP contribution in [0.3, 0.4) is 0 Å². The maximum Gasteiger partial charge on any atom is 0.270 e. The number of rotatable bonds is 3. The fraction of sp³-hybridized carbons (Fsp3) is 0. The number of carbonyl (C=O) groups is 1. The number of amides is 1. The number of H-pyrrole nitrogens is 1. The van der Waals surface area contributed by atoms with Crippen molar-refractivity contribution in [2.45, 2.75) is 0 Å². The van der Waals surface area contributed by atoms with E-state index in [9.17, 15) is 4.79 Å². The first-order valence-corrected chi connectivity index (χ1v) is 5.77. The highest BCUT2D eigenvalue weighted by Gasteiger charge is 2.13. The van der Waals surface area contributed by atoms with Crippen molar-refractivity contribution in [3.63, 3.8) is 0 Å². The summed E-state index contributed by atoms with van der Waals surface area (Å²) >= 11 is 4.75. The van der Waals surface area contributed by atoms with Gasteiger partial charge in [-0.2, -0.15) is 5.21 Å². The molecule has 2 heterocycles. The summed E-state index contributed by atoms with van der Waals surface area (Å²) in [6, 6.07) is 3.67. The normalized spacial score (nSPS) is 10.1. The molecule has 0 aliphatic carbocycles. The summed E-state index contributed by atoms with van der Waals surface area (Å²) in [7, 11) is 0. The van der Waals surface area contributed by atoms with Crippen molar-refractivity contribution in [1.29, 1.82) is 0 Å². The number of thiophene rings is 1. The van der Waals surface area contributed by atoms with Gasteiger partial charge in [0.2, 0.25) is 0 Å². The Kier molecular flexibility index (Phi) is 3.11. The SMILES string of the molecule is C=C(C(=O)Nc1nn[nH]n1)c1ccc(Br)s1. The fourth-order valence-electron chi connectivity index (χ4n) is 0.980. The van der Waals surface area contributed by atoms with Gasteiger partial charge in [0, 0.05) is 10.5 Å². The van der Waals surface area contributed by atoms with Crippen LogP contribution >= 0.6 is 27.3 Å². The summed E-state index contributed by atoms with van der Waals surface area (Å²) in [6.07, 6.45) is 0. The van der Waals surface area contributed by atoms with Gasteiger partial charge in [-0.15, -0.1) is 16.4 Å². The van der Waals surface area contributed by atoms with Crippen LogP contribution in [0.5, 0.6) is 0 Å². The van der Waals surface area contributed by atoms with Gasteiger partial charge in [-0.1, -0.05) is 11.7 Å². The lowest BCUT2D eigenvalue weighted by molar-refractivity contribution is -0.111. The van der Waals surface area contributed by atoms with Crippen LogP contribution in [-0.2, 0) is 4.79 Å². The van der Waals surface area contributed by atoms with Gasteiger partial charge >= 0.3 is 0 Å². The highest BCUT2D eigenvalue weighted by atomic mass is 79.9. The zero-order valence-electron chi connectivity index (χ0n) is 7.90. The summed E-state index contributed by atoms with van der Waals surface area (Å²) in [4.78, 5) is 12.5. The molecule has 2 aromatic rings. The van der Waals surface area contributed by atoms with E-state index in [0.29, 0.717) is 5.57 Å². The van der Waals surface area contributed by atoms with Crippen LogP contribution in [0.2, 0.25) is 0 Å². The van der Waals surface area contributed by atoms with Crippen LogP contribution in [0.1, 0.15) is 4.88 Å². The number of halogens is 1. The number of hydrogen-bond acceptors (Lipinski definition) is 5. The van der Waals surface area contributed by atoms with E-state index in [4.69, 9.17) is 0 Å². The molecule has 0 saturated heterocycles. The minimum absolute atomic E-state index is 0.127. The number of aromatic nitrogens is 4. The van der Waals surface area contributed by atoms with Gasteiger partial charge in [-0.05, 0) is 33.3 Å². The van der Waals surface area contributed by atoms with Gasteiger partial charge in [0.1, 0.15) is 0 Å². The predicted molar refractivity (Wildman–Crippen MR) is 63.9 cm³/mol. The van der Waals surface area contributed by atoms with Crippen LogP contribution in [0.15, 0.2) is 22.5 Å². The van der Waals surface area contributed by atoms with Gasteiger partial charge in [0.05, 0.1) is 3.79 Å². The minimum Gasteiger partial charge on any atom is -0.288 e. The standard InChI is InChI=1S/C8H6BrN5OS/c1-4(5-2-3-6(9)16-5)7(15)10-8-11-13-14-12-8/h2-3H,1H2,(H2,10,11,12,13,14,15). The van der Waals surface area contributed by atoms with E-state index in [0.717, 1.165) is 8.66 Å². The maximum absolute atomic E-state index is 11.7. The number of nitrogens with one attached hydrogen (secondary N) is 2. The molecule has 1 amide bonds. The predicted octanol–water partition coefficient (Wildman–Crippen LogP) is 1.68. The van der Waals surface area contributed by atoms with Crippen LogP contribution in [0.4, 0.5) is 5.95 Å². The lowest BCUT2D eigenvalue weighted by Gasteiger charge is -2.00. The van der Waals surface area contributed by atoms with Crippen LogP contribution in [-0.4, -0.2) is 26.5 Å². The Morgan fingerprint density at radius 3 is 2.94 bits per heavy atom. The molecule has 82 valence electrons. The number of carbonyl (C=O) groups excluding carboxylic acids is 1. The second-order valence-electron chi connectivity index (χ2n) is 2.77. The second kappa shape index (κ2) is 4.54. The molecule has 0 bridgehead atoms. The Labute approximate surface area is 103 Å². The van der Waals surface area contributed by atoms with Crippen LogP contribution in [0, 0.1) is 0 Å². The summed E-state index contributed by atoms with van der Waals surface area (Å²) < 4.78 is 0.941. The van der Waals surface area contributed by atoms with Crippen molar-refractivity contribution in [1.82, 2.24) is 20.6 Å². The Morgan fingerprint density at radius 2 is 2.38 bits per heavy atom. The Balaban J connectivity index is 2.08. The Morgan fingerprint density at radius 1 is 1.56 bits per heavy atom. The maximum atomic E-state index is 11.7. The van der Waals surface area contributed by atoms with Crippen molar-refractivity contribution in [3.8, 4) is 0 Å². The van der Waals surface area contributed by atoms with Crippen molar-refractivity contribution in [2.24, 2.45) is 0 Å². The van der Waals surface area contributed by atoms with Crippen LogP contribution in [0.25, 0.3) is 5.57 Å². The summed E-state index contributed by atoms with van der Waals surface area (Å²) in [6.45, 7) is 3.71. The van der Waals surface area contributed by atoms with Crippen LogP contribution < -0.4 is 5.32 Å². The summed E-state index contributed by atoms with van der Waals surface area (Å²) in [5.41, 5.74) is 0.362. The van der Waals surface area contributed by atoms with Gasteiger partial charge in [-0.25, -0.2) is 0 Å². The molecule has 0 aliphatic heterocycles. The van der Waals surface area contributed by atoms with Gasteiger partial charge in [0.15, 0.2) is 0 Å². The largest absolute Gasteiger partial charge is 0.288 e. The lowest BCUT2D eigenvalue weighted by Crippen LogP contribution is -2.13. The van der Waals surface area contributed by atoms with E-state index in [1.807, 2.05) is 12.1 Å². The van der Waals surface area contributed by atoms with Crippen molar-refractivity contribution in [2.75, 3.05) is 5.32 Å². The molecule has 0 unspecified atom stereocenters. The minimum atomic E-state index is -0.351. The number of anilines is 1. The molecular formula is C8H6BrN5OS. The average Bonchev–Trinajstić information content (AvgIpc) is 2.88. The molecule has 8 heteroatoms. The van der Waals surface area contributed by atoms with E-state index in [2.05, 4.69) is 48.4 Å². The molecule has 0 aliphatic rings. The molecule has 0 aromatic carbocycles. The third kappa shape index (κ3) is 2.34. The number of aromatic amines is 1. The highest BCUT2D eigenvalue weighted by Crippen LogP contribution is 2.27. The zero-order valence-corrected chi connectivity index (χ0v) is 10.3. The molecule has 2 aromatic heterocycles. The molecule has 0 saturated carbocycles. The first kappa shape index (κ1) is 11.0. The van der Waals surface area contributed by atoms with Crippen molar-refractivity contribution in [3.05, 3.63) is 27.4 Å². The first-order valence-electron chi connectivity index (χ1n) is 4.16. The molecule has 0 radical (unpaired) electrons. The summed E-state index contributed by atoms with van der Waals surface area (Å²) in [5, 5.41) is 15.3. The topological polar surface area (TPSA) is 83.6 Å². The van der Waals surface area contributed by atoms with E-state index in [-0.39, 0.29) is 11.9 Å². The first-order chi connectivity index (χ1) is 7.66.